The van der Waals surface area contributed by atoms with E-state index in [4.69, 9.17) is 9.47 Å². The Hall–Kier alpha value is -4.08. The summed E-state index contributed by atoms with van der Waals surface area (Å²) in [6, 6.07) is 7.80. The number of phenolic OH excluding ortho intramolecular Hbond substituents is 1. The summed E-state index contributed by atoms with van der Waals surface area (Å²) in [5, 5.41) is 15.4. The molecule has 40 heavy (non-hydrogen) atoms. The number of aromatic hydroxyl groups is 1. The molecule has 10 heteroatoms. The van der Waals surface area contributed by atoms with Gasteiger partial charge >= 0.3 is 12.1 Å². The van der Waals surface area contributed by atoms with Gasteiger partial charge in [-0.05, 0) is 81.5 Å². The van der Waals surface area contributed by atoms with Gasteiger partial charge in [-0.15, -0.1) is 0 Å². The van der Waals surface area contributed by atoms with Crippen LogP contribution in [0.25, 0.3) is 0 Å². The normalized spacial score (nSPS) is 16.3. The molecule has 3 amide bonds. The fourth-order valence-electron chi connectivity index (χ4n) is 4.88. The van der Waals surface area contributed by atoms with Gasteiger partial charge in [0, 0.05) is 19.4 Å². The first-order chi connectivity index (χ1) is 18.7. The third-order valence-corrected chi connectivity index (χ3v) is 6.83. The first-order valence-electron chi connectivity index (χ1n) is 13.2. The number of hydrogen-bond donors (Lipinski definition) is 3. The number of nitrogens with one attached hydrogen (secondary N) is 2. The Kier molecular flexibility index (Phi) is 9.44. The van der Waals surface area contributed by atoms with Crippen LogP contribution in [-0.2, 0) is 43.2 Å². The number of rotatable bonds is 7. The van der Waals surface area contributed by atoms with Gasteiger partial charge in [-0.2, -0.15) is 0 Å². The maximum absolute atomic E-state index is 14.2. The number of carbonyl (C=O) groups excluding carboxylic acids is 4. The number of phenols is 1. The fraction of sp³-hybridized carbons (Fsp3) is 0.467. The quantitative estimate of drug-likeness (QED) is 0.449. The molecule has 3 N–H and O–H groups in total. The number of hydrogen-bond acceptors (Lipinski definition) is 7. The topological polar surface area (TPSA) is 134 Å². The highest BCUT2D eigenvalue weighted by atomic mass is 16.6. The summed E-state index contributed by atoms with van der Waals surface area (Å²) in [6.07, 6.45) is -0.420. The number of benzene rings is 2. The van der Waals surface area contributed by atoms with Crippen molar-refractivity contribution < 1.29 is 33.8 Å². The molecule has 0 saturated heterocycles. The number of carbonyl (C=O) groups is 4. The lowest BCUT2D eigenvalue weighted by molar-refractivity contribution is -0.147. The molecule has 2 aromatic rings. The Balaban J connectivity index is 2.00. The van der Waals surface area contributed by atoms with Gasteiger partial charge in [0.25, 0.3) is 0 Å². The molecular formula is C30H39N3O7. The summed E-state index contributed by atoms with van der Waals surface area (Å²) >= 11 is 0. The van der Waals surface area contributed by atoms with Crippen molar-refractivity contribution >= 4 is 23.9 Å². The van der Waals surface area contributed by atoms with E-state index >= 15 is 0 Å². The summed E-state index contributed by atoms with van der Waals surface area (Å²) in [5.74, 6) is -1.48. The molecule has 0 saturated carbocycles. The summed E-state index contributed by atoms with van der Waals surface area (Å²) in [6.45, 7) is 10.5. The molecule has 10 nitrogen and oxygen atoms in total. The largest absolute Gasteiger partial charge is 0.508 e. The zero-order chi connectivity index (χ0) is 29.8. The smallest absolute Gasteiger partial charge is 0.408 e. The van der Waals surface area contributed by atoms with Crippen molar-refractivity contribution in [3.63, 3.8) is 0 Å². The molecule has 0 spiro atoms. The molecule has 2 aromatic carbocycles. The van der Waals surface area contributed by atoms with Crippen LogP contribution in [0.4, 0.5) is 4.79 Å². The van der Waals surface area contributed by atoms with Gasteiger partial charge in [-0.3, -0.25) is 9.59 Å². The van der Waals surface area contributed by atoms with E-state index in [0.717, 1.165) is 27.8 Å². The molecule has 3 atom stereocenters. The second-order valence-electron chi connectivity index (χ2n) is 11.2. The summed E-state index contributed by atoms with van der Waals surface area (Å²) in [4.78, 5) is 53.9. The Morgan fingerprint density at radius 3 is 2.23 bits per heavy atom. The van der Waals surface area contributed by atoms with E-state index in [1.165, 1.54) is 18.9 Å². The minimum absolute atomic E-state index is 0.103. The summed E-state index contributed by atoms with van der Waals surface area (Å²) < 4.78 is 10.2. The van der Waals surface area contributed by atoms with Gasteiger partial charge in [-0.25, -0.2) is 9.59 Å². The van der Waals surface area contributed by atoms with Crippen LogP contribution >= 0.6 is 0 Å². The average Bonchev–Trinajstić information content (AvgIpc) is 2.87. The van der Waals surface area contributed by atoms with Crippen LogP contribution in [-0.4, -0.2) is 64.7 Å². The molecule has 0 fully saturated rings. The first-order valence-corrected chi connectivity index (χ1v) is 13.2. The van der Waals surface area contributed by atoms with E-state index in [2.05, 4.69) is 10.6 Å². The van der Waals surface area contributed by atoms with E-state index in [0.29, 0.717) is 0 Å². The van der Waals surface area contributed by atoms with Crippen molar-refractivity contribution in [1.29, 1.82) is 0 Å². The number of alkyl carbamates (subject to hydrolysis) is 1. The highest BCUT2D eigenvalue weighted by Crippen LogP contribution is 2.27. The lowest BCUT2D eigenvalue weighted by atomic mass is 9.91. The Morgan fingerprint density at radius 1 is 1.05 bits per heavy atom. The van der Waals surface area contributed by atoms with E-state index in [9.17, 15) is 24.3 Å². The number of fused-ring (bicyclic) bond motifs is 1. The Morgan fingerprint density at radius 2 is 1.65 bits per heavy atom. The monoisotopic (exact) mass is 553 g/mol. The highest BCUT2D eigenvalue weighted by Gasteiger charge is 2.39. The third kappa shape index (κ3) is 7.52. The van der Waals surface area contributed by atoms with Crippen LogP contribution in [0.3, 0.4) is 0 Å². The molecule has 0 aliphatic carbocycles. The number of amides is 3. The average molecular weight is 554 g/mol. The minimum Gasteiger partial charge on any atom is -0.508 e. The molecule has 0 bridgehead atoms. The fourth-order valence-corrected chi connectivity index (χ4v) is 4.88. The van der Waals surface area contributed by atoms with Crippen molar-refractivity contribution in [2.24, 2.45) is 0 Å². The van der Waals surface area contributed by atoms with E-state index in [1.807, 2.05) is 38.1 Å². The van der Waals surface area contributed by atoms with Crippen LogP contribution in [0.2, 0.25) is 0 Å². The lowest BCUT2D eigenvalue weighted by Crippen LogP contribution is -2.59. The first kappa shape index (κ1) is 30.5. The number of methoxy groups -OCH3 is 1. The second-order valence-corrected chi connectivity index (χ2v) is 11.2. The van der Waals surface area contributed by atoms with Gasteiger partial charge in [0.1, 0.15) is 29.5 Å². The SMILES string of the molecule is COC(=O)[C@H](C)NC(=O)[C@@H]1Cc2ccccc2CN1C(=O)[C@H](Cc1c(C)cc(O)cc1C)NC(=O)OC(C)(C)C. The van der Waals surface area contributed by atoms with Gasteiger partial charge in [0.2, 0.25) is 11.8 Å². The second kappa shape index (κ2) is 12.4. The molecule has 0 radical (unpaired) electrons. The molecular weight excluding hydrogens is 514 g/mol. The molecule has 1 heterocycles. The van der Waals surface area contributed by atoms with Gasteiger partial charge in [-0.1, -0.05) is 24.3 Å². The molecule has 216 valence electrons. The van der Waals surface area contributed by atoms with Crippen LogP contribution in [0.1, 0.15) is 55.5 Å². The molecule has 1 aliphatic rings. The maximum Gasteiger partial charge on any atom is 0.408 e. The molecule has 3 rings (SSSR count). The lowest BCUT2D eigenvalue weighted by Gasteiger charge is -2.38. The van der Waals surface area contributed by atoms with Crippen molar-refractivity contribution in [2.45, 2.75) is 84.7 Å². The predicted molar refractivity (Wildman–Crippen MR) is 149 cm³/mol. The van der Waals surface area contributed by atoms with Gasteiger partial charge in [0.15, 0.2) is 0 Å². The van der Waals surface area contributed by atoms with Gasteiger partial charge in [0.05, 0.1) is 7.11 Å². The number of nitrogens with zero attached hydrogens (tertiary/aromatic N) is 1. The predicted octanol–water partition coefficient (Wildman–Crippen LogP) is 3.08. The van der Waals surface area contributed by atoms with Crippen LogP contribution in [0, 0.1) is 13.8 Å². The van der Waals surface area contributed by atoms with Crippen molar-refractivity contribution in [1.82, 2.24) is 15.5 Å². The van der Waals surface area contributed by atoms with Crippen LogP contribution in [0.5, 0.6) is 5.75 Å². The zero-order valence-corrected chi connectivity index (χ0v) is 24.2. The van der Waals surface area contributed by atoms with Crippen molar-refractivity contribution in [3.05, 3.63) is 64.2 Å². The summed E-state index contributed by atoms with van der Waals surface area (Å²) in [7, 11) is 1.23. The number of ether oxygens (including phenoxy) is 2. The number of aryl methyl sites for hydroxylation is 2. The third-order valence-electron chi connectivity index (χ3n) is 6.83. The van der Waals surface area contributed by atoms with E-state index < -0.39 is 47.6 Å². The maximum atomic E-state index is 14.2. The number of esters is 1. The van der Waals surface area contributed by atoms with Gasteiger partial charge < -0.3 is 30.1 Å². The molecule has 0 aromatic heterocycles. The highest BCUT2D eigenvalue weighted by molar-refractivity contribution is 5.93. The Bertz CT molecular complexity index is 1260. The van der Waals surface area contributed by atoms with Crippen LogP contribution in [0.15, 0.2) is 36.4 Å². The minimum atomic E-state index is -1.07. The van der Waals surface area contributed by atoms with E-state index in [-0.39, 0.29) is 25.1 Å². The Labute approximate surface area is 235 Å². The standard InChI is InChI=1S/C30H39N3O7/c1-17-12-22(34)13-18(2)23(17)15-24(32-29(38)40-30(4,5)6)27(36)33-16-21-11-9-8-10-20(21)14-25(33)26(35)31-19(3)28(37)39-7/h8-13,19,24-25,34H,14-16H2,1-7H3,(H,31,35)(H,32,38)/t19-,24-,25-/m0/s1. The summed E-state index contributed by atoms with van der Waals surface area (Å²) in [5.41, 5.74) is 3.30. The van der Waals surface area contributed by atoms with Crippen LogP contribution < -0.4 is 10.6 Å². The zero-order valence-electron chi connectivity index (χ0n) is 24.2. The van der Waals surface area contributed by atoms with Crippen molar-refractivity contribution in [3.8, 4) is 5.75 Å². The van der Waals surface area contributed by atoms with Crippen molar-refractivity contribution in [2.75, 3.05) is 7.11 Å². The molecule has 0 unspecified atom stereocenters. The molecule has 1 aliphatic heterocycles. The van der Waals surface area contributed by atoms with E-state index in [1.54, 1.807) is 32.9 Å².